The summed E-state index contributed by atoms with van der Waals surface area (Å²) in [5.41, 5.74) is 3.53. The molecule has 3 rings (SSSR count). The number of hydrogen-bond donors (Lipinski definition) is 0. The largest absolute Gasteiger partial charge is 1.00 e. The van der Waals surface area contributed by atoms with Crippen LogP contribution in [0.4, 0.5) is 0 Å². The molecule has 0 unspecified atom stereocenters. The first-order valence-corrected chi connectivity index (χ1v) is 10.8. The van der Waals surface area contributed by atoms with Gasteiger partial charge in [-0.15, -0.1) is 0 Å². The number of hydrogen-bond acceptors (Lipinski definition) is 6. The Kier molecular flexibility index (Phi) is 14.7. The molecule has 0 N–H and O–H groups in total. The minimum absolute atomic E-state index is 0. The van der Waals surface area contributed by atoms with E-state index in [1.807, 2.05) is 55.5 Å². The molecule has 0 aliphatic rings. The Morgan fingerprint density at radius 1 is 1.03 bits per heavy atom. The molecule has 1 aromatic heterocycles. The molecular formula is C24H27K2N5O3. The number of carbonyl (C=O) groups excluding carboxylic acids is 2. The number of nitrogens with zero attached hydrogens (tertiary/aromatic N) is 5. The van der Waals surface area contributed by atoms with Gasteiger partial charge in [0, 0.05) is 18.8 Å². The minimum atomic E-state index is -1.23. The molecule has 0 spiro atoms. The van der Waals surface area contributed by atoms with E-state index in [2.05, 4.69) is 20.6 Å². The number of carboxylic acids is 1. The third-order valence-corrected chi connectivity index (χ3v) is 5.38. The Morgan fingerprint density at radius 3 is 2.21 bits per heavy atom. The maximum Gasteiger partial charge on any atom is 1.00 e. The summed E-state index contributed by atoms with van der Waals surface area (Å²) in [6.45, 7) is 5.78. The topological polar surface area (TPSA) is 113 Å². The number of amides is 1. The number of benzene rings is 2. The van der Waals surface area contributed by atoms with Gasteiger partial charge in [-0.1, -0.05) is 75.7 Å². The van der Waals surface area contributed by atoms with Crippen LogP contribution in [0.2, 0.25) is 0 Å². The average molecular weight is 512 g/mol. The summed E-state index contributed by atoms with van der Waals surface area (Å²) in [6.07, 6.45) is 1.90. The van der Waals surface area contributed by atoms with E-state index in [0.717, 1.165) is 35.1 Å². The van der Waals surface area contributed by atoms with E-state index in [1.165, 1.54) is 4.90 Å². The van der Waals surface area contributed by atoms with E-state index in [9.17, 15) is 14.7 Å². The number of aromatic nitrogens is 4. The van der Waals surface area contributed by atoms with Crippen molar-refractivity contribution in [2.45, 2.75) is 52.6 Å². The van der Waals surface area contributed by atoms with Gasteiger partial charge in [-0.3, -0.25) is 15.1 Å². The van der Waals surface area contributed by atoms with E-state index >= 15 is 0 Å². The molecule has 1 atom stereocenters. The summed E-state index contributed by atoms with van der Waals surface area (Å²) in [5, 5.41) is 26.8. The molecule has 0 fully saturated rings. The molecule has 1 heterocycles. The molecular weight excluding hydrogens is 484 g/mol. The average Bonchev–Trinajstić information content (AvgIpc) is 3.32. The number of rotatable bonds is 10. The fraction of sp³-hybridized carbons (Fsp3) is 0.375. The fourth-order valence-electron chi connectivity index (χ4n) is 3.74. The molecule has 34 heavy (non-hydrogen) atoms. The van der Waals surface area contributed by atoms with Crippen molar-refractivity contribution >= 4 is 11.9 Å². The standard InChI is InChI=1S/C24H29N5O3.2K/c1-4-5-10-21(30)29(22(16(2)3)24(31)32)15-17-11-13-18(14-12-17)19-8-6-7-9-20(19)23-25-27-28-26-23;;/h6-9,11-14,16,22H,4-5,10,15H2,1-3H3,(H2,25,26,27,28,31,32);;/q;2*+1/p-2/t22-;;/m0../s1. The van der Waals surface area contributed by atoms with Crippen LogP contribution >= 0.6 is 0 Å². The predicted molar refractivity (Wildman–Crippen MR) is 118 cm³/mol. The van der Waals surface area contributed by atoms with E-state index in [0.29, 0.717) is 12.2 Å². The van der Waals surface area contributed by atoms with Gasteiger partial charge in [0.1, 0.15) is 0 Å². The van der Waals surface area contributed by atoms with Crippen molar-refractivity contribution in [1.29, 1.82) is 0 Å². The van der Waals surface area contributed by atoms with Crippen LogP contribution in [0, 0.1) is 5.92 Å². The van der Waals surface area contributed by atoms with Crippen molar-refractivity contribution in [3.8, 4) is 22.5 Å². The fourth-order valence-corrected chi connectivity index (χ4v) is 3.74. The maximum absolute atomic E-state index is 12.8. The van der Waals surface area contributed by atoms with Crippen LogP contribution in [0.25, 0.3) is 22.5 Å². The van der Waals surface area contributed by atoms with Gasteiger partial charge < -0.3 is 19.9 Å². The van der Waals surface area contributed by atoms with Crippen LogP contribution in [0.5, 0.6) is 0 Å². The molecule has 10 heteroatoms. The number of aliphatic carboxylic acids is 1. The summed E-state index contributed by atoms with van der Waals surface area (Å²) in [4.78, 5) is 26.1. The summed E-state index contributed by atoms with van der Waals surface area (Å²) >= 11 is 0. The molecule has 0 radical (unpaired) electrons. The van der Waals surface area contributed by atoms with Gasteiger partial charge in [-0.2, -0.15) is 5.21 Å². The van der Waals surface area contributed by atoms with Crippen molar-refractivity contribution in [3.63, 3.8) is 0 Å². The van der Waals surface area contributed by atoms with Crippen molar-refractivity contribution in [1.82, 2.24) is 25.5 Å². The van der Waals surface area contributed by atoms with E-state index in [-0.39, 0.29) is 121 Å². The monoisotopic (exact) mass is 511 g/mol. The second-order valence-corrected chi connectivity index (χ2v) is 8.08. The summed E-state index contributed by atoms with van der Waals surface area (Å²) in [7, 11) is 0. The zero-order chi connectivity index (χ0) is 23.1. The van der Waals surface area contributed by atoms with Crippen molar-refractivity contribution in [2.24, 2.45) is 5.92 Å². The molecule has 8 nitrogen and oxygen atoms in total. The number of carboxylic acid groups (broad SMARTS) is 1. The zero-order valence-electron chi connectivity index (χ0n) is 20.6. The minimum Gasteiger partial charge on any atom is -0.548 e. The maximum atomic E-state index is 12.8. The predicted octanol–water partition coefficient (Wildman–Crippen LogP) is -3.54. The van der Waals surface area contributed by atoms with Crippen LogP contribution < -0.4 is 113 Å². The van der Waals surface area contributed by atoms with Gasteiger partial charge in [0.05, 0.1) is 12.0 Å². The smallest absolute Gasteiger partial charge is 0.548 e. The van der Waals surface area contributed by atoms with E-state index in [1.54, 1.807) is 13.8 Å². The molecule has 0 saturated heterocycles. The van der Waals surface area contributed by atoms with Crippen LogP contribution in [0.1, 0.15) is 45.6 Å². The molecule has 0 bridgehead atoms. The first-order valence-electron chi connectivity index (χ1n) is 10.8. The Morgan fingerprint density at radius 2 is 1.68 bits per heavy atom. The van der Waals surface area contributed by atoms with Gasteiger partial charge in [-0.05, 0) is 34.6 Å². The summed E-state index contributed by atoms with van der Waals surface area (Å²) < 4.78 is 0. The summed E-state index contributed by atoms with van der Waals surface area (Å²) in [5.74, 6) is -1.21. The van der Waals surface area contributed by atoms with Crippen LogP contribution in [-0.2, 0) is 16.1 Å². The first-order chi connectivity index (χ1) is 15.4. The number of carbonyl (C=O) groups is 2. The molecule has 0 saturated carbocycles. The quantitative estimate of drug-likeness (QED) is 0.259. The van der Waals surface area contributed by atoms with Gasteiger partial charge in [0.15, 0.2) is 0 Å². The molecule has 168 valence electrons. The van der Waals surface area contributed by atoms with Crippen LogP contribution in [0.15, 0.2) is 48.5 Å². The molecule has 0 aliphatic carbocycles. The second-order valence-electron chi connectivity index (χ2n) is 8.08. The third-order valence-electron chi connectivity index (χ3n) is 5.38. The first kappa shape index (κ1) is 31.8. The Bertz CT molecular complexity index is 1040. The molecule has 0 aliphatic heterocycles. The Hall–Kier alpha value is -0.277. The van der Waals surface area contributed by atoms with Crippen molar-refractivity contribution in [2.75, 3.05) is 0 Å². The molecule has 3 aromatic rings. The van der Waals surface area contributed by atoms with E-state index in [4.69, 9.17) is 0 Å². The van der Waals surface area contributed by atoms with Gasteiger partial charge in [0.2, 0.25) is 5.91 Å². The number of unbranched alkanes of at least 4 members (excludes halogenated alkanes) is 1. The molecule has 2 aromatic carbocycles. The Balaban J connectivity index is 0.00000289. The number of tetrazole rings is 1. The van der Waals surface area contributed by atoms with Crippen molar-refractivity contribution in [3.05, 3.63) is 54.1 Å². The van der Waals surface area contributed by atoms with Gasteiger partial charge >= 0.3 is 103 Å². The van der Waals surface area contributed by atoms with Gasteiger partial charge in [0.25, 0.3) is 0 Å². The van der Waals surface area contributed by atoms with Crippen molar-refractivity contribution < 1.29 is 117 Å². The molecule has 1 amide bonds. The van der Waals surface area contributed by atoms with Gasteiger partial charge in [-0.25, -0.2) is 0 Å². The van der Waals surface area contributed by atoms with Crippen LogP contribution in [0.3, 0.4) is 0 Å². The Labute approximate surface area is 285 Å². The van der Waals surface area contributed by atoms with E-state index < -0.39 is 12.0 Å². The normalized spacial score (nSPS) is 11.3. The van der Waals surface area contributed by atoms with Crippen LogP contribution in [-0.4, -0.2) is 38.3 Å². The summed E-state index contributed by atoms with van der Waals surface area (Å²) in [6, 6.07) is 14.4. The zero-order valence-corrected chi connectivity index (χ0v) is 26.8. The third kappa shape index (κ3) is 8.39. The SMILES string of the molecule is CCCCC(=O)N(Cc1ccc(-c2ccccc2-c2nnn[n-]2)cc1)[C@H](C(=O)[O-])C(C)C.[K+].[K+]. The second kappa shape index (κ2) is 15.8.